The first kappa shape index (κ1) is 34.1. The van der Waals surface area contributed by atoms with Crippen LogP contribution in [0.2, 0.25) is 0 Å². The molecule has 0 fully saturated rings. The monoisotopic (exact) mass is 627 g/mol. The molecular weight excluding hydrogens is 577 g/mol. The predicted molar refractivity (Wildman–Crippen MR) is 194 cm³/mol. The lowest BCUT2D eigenvalue weighted by Gasteiger charge is -2.32. The summed E-state index contributed by atoms with van der Waals surface area (Å²) in [7, 11) is -0.217. The lowest BCUT2D eigenvalue weighted by atomic mass is 9.77. The van der Waals surface area contributed by atoms with E-state index in [2.05, 4.69) is 143 Å². The fraction of sp³-hybridized carbons (Fsp3) is 0.385. The van der Waals surface area contributed by atoms with Gasteiger partial charge in [0.25, 0.3) is 0 Å². The maximum atomic E-state index is 13.8. The van der Waals surface area contributed by atoms with E-state index in [0.29, 0.717) is 0 Å². The van der Waals surface area contributed by atoms with Crippen molar-refractivity contribution in [3.63, 3.8) is 0 Å². The quantitative estimate of drug-likeness (QED) is 0.188. The second-order valence-electron chi connectivity index (χ2n) is 14.5. The summed E-state index contributed by atoms with van der Waals surface area (Å²) in [4.78, 5) is 0. The average molecular weight is 628 g/mol. The largest absolute Gasteiger partial charge is 0.496 e. The van der Waals surface area contributed by atoms with Crippen LogP contribution in [0.1, 0.15) is 85.0 Å². The number of rotatable bonds is 9. The Labute approximate surface area is 270 Å². The van der Waals surface area contributed by atoms with Crippen LogP contribution in [0.25, 0.3) is 11.1 Å². The summed E-state index contributed by atoms with van der Waals surface area (Å²) in [5.74, 6) is 0.964. The van der Waals surface area contributed by atoms with Gasteiger partial charge < -0.3 is 4.74 Å². The van der Waals surface area contributed by atoms with E-state index in [1.165, 1.54) is 21.7 Å². The van der Waals surface area contributed by atoms with Gasteiger partial charge in [-0.2, -0.15) is 0 Å². The van der Waals surface area contributed by atoms with E-state index in [-0.39, 0.29) is 16.9 Å². The molecule has 0 spiro atoms. The summed E-state index contributed by atoms with van der Waals surface area (Å²) < 4.78 is 23.1. The van der Waals surface area contributed by atoms with Crippen molar-refractivity contribution in [2.24, 2.45) is 0 Å². The summed E-state index contributed by atoms with van der Waals surface area (Å²) in [6.07, 6.45) is 0.816. The molecular formula is C39H50NO2PS. The highest BCUT2D eigenvalue weighted by Crippen LogP contribution is 2.45. The molecule has 44 heavy (non-hydrogen) atoms. The molecule has 0 saturated carbocycles. The molecule has 234 valence electrons. The van der Waals surface area contributed by atoms with Crippen molar-refractivity contribution in [2.75, 3.05) is 13.3 Å². The normalized spacial score (nSPS) is 14.0. The molecule has 2 unspecified atom stereocenters. The van der Waals surface area contributed by atoms with Gasteiger partial charge in [0.15, 0.2) is 0 Å². The van der Waals surface area contributed by atoms with Crippen molar-refractivity contribution in [1.29, 1.82) is 0 Å². The Morgan fingerprint density at radius 3 is 1.59 bits per heavy atom. The Hall–Kier alpha value is -2.78. The average Bonchev–Trinajstić information content (AvgIpc) is 2.98. The summed E-state index contributed by atoms with van der Waals surface area (Å²) in [5, 5.41) is 2.63. The summed E-state index contributed by atoms with van der Waals surface area (Å²) in [5.41, 5.74) is 5.63. The zero-order chi connectivity index (χ0) is 32.3. The summed E-state index contributed by atoms with van der Waals surface area (Å²) in [6.45, 7) is 19.6. The Morgan fingerprint density at radius 1 is 0.705 bits per heavy atom. The second kappa shape index (κ2) is 13.7. The van der Waals surface area contributed by atoms with Crippen LogP contribution in [-0.2, 0) is 21.8 Å². The van der Waals surface area contributed by atoms with Crippen LogP contribution in [0.5, 0.6) is 5.75 Å². The summed E-state index contributed by atoms with van der Waals surface area (Å²) in [6, 6.07) is 34.7. The van der Waals surface area contributed by atoms with E-state index >= 15 is 0 Å². The molecule has 0 aliphatic rings. The lowest BCUT2D eigenvalue weighted by molar-refractivity contribution is 0.381. The number of hydrogen-bond acceptors (Lipinski definition) is 2. The predicted octanol–water partition coefficient (Wildman–Crippen LogP) is 9.18. The first-order chi connectivity index (χ1) is 20.6. The van der Waals surface area contributed by atoms with Crippen LogP contribution in [0.4, 0.5) is 0 Å². The molecule has 0 saturated heterocycles. The molecule has 1 N–H and O–H groups in total. The third-order valence-electron chi connectivity index (χ3n) is 7.86. The minimum absolute atomic E-state index is 0.114. The molecule has 4 rings (SSSR count). The zero-order valence-corrected chi connectivity index (χ0v) is 29.9. The minimum Gasteiger partial charge on any atom is -0.496 e. The number of hydrogen-bond donors (Lipinski definition) is 1. The Balaban J connectivity index is 1.95. The summed E-state index contributed by atoms with van der Waals surface area (Å²) >= 11 is 0. The van der Waals surface area contributed by atoms with Gasteiger partial charge in [-0.3, -0.25) is 0 Å². The van der Waals surface area contributed by atoms with Crippen LogP contribution in [0.15, 0.2) is 97.1 Å². The fourth-order valence-electron chi connectivity index (χ4n) is 5.45. The third-order valence-corrected chi connectivity index (χ3v) is 12.0. The second-order valence-corrected chi connectivity index (χ2v) is 18.8. The molecule has 0 radical (unpaired) electrons. The van der Waals surface area contributed by atoms with Gasteiger partial charge in [0.2, 0.25) is 0 Å². The SMILES string of the molecule is COc1c(C(C)(C)C)cc(-c2ccccc2C(CP(c2ccccc2)c2ccccc2)NS(=O)C(C)(C)C)cc1C(C)(C)C. The molecule has 5 heteroatoms. The first-order valence-corrected chi connectivity index (χ1v) is 18.2. The molecule has 0 bridgehead atoms. The maximum Gasteiger partial charge on any atom is 0.126 e. The van der Waals surface area contributed by atoms with Crippen LogP contribution >= 0.6 is 7.92 Å². The highest BCUT2D eigenvalue weighted by molar-refractivity contribution is 7.84. The van der Waals surface area contributed by atoms with Crippen molar-refractivity contribution in [3.8, 4) is 16.9 Å². The van der Waals surface area contributed by atoms with Crippen LogP contribution < -0.4 is 20.1 Å². The molecule has 0 aromatic heterocycles. The topological polar surface area (TPSA) is 38.3 Å². The van der Waals surface area contributed by atoms with Crippen molar-refractivity contribution >= 4 is 29.5 Å². The van der Waals surface area contributed by atoms with Gasteiger partial charge in [-0.1, -0.05) is 126 Å². The maximum absolute atomic E-state index is 13.8. The van der Waals surface area contributed by atoms with Gasteiger partial charge in [0.05, 0.1) is 22.8 Å². The molecule has 2 atom stereocenters. The van der Waals surface area contributed by atoms with Crippen LogP contribution in [-0.4, -0.2) is 22.2 Å². The van der Waals surface area contributed by atoms with Gasteiger partial charge in [0.1, 0.15) is 5.75 Å². The number of benzene rings is 4. The fourth-order valence-corrected chi connectivity index (χ4v) is 8.83. The van der Waals surface area contributed by atoms with Crippen molar-refractivity contribution in [3.05, 3.63) is 114 Å². The minimum atomic E-state index is -1.26. The van der Waals surface area contributed by atoms with Crippen LogP contribution in [0.3, 0.4) is 0 Å². The molecule has 0 aliphatic heterocycles. The van der Waals surface area contributed by atoms with Gasteiger partial charge in [-0.25, -0.2) is 8.93 Å². The lowest BCUT2D eigenvalue weighted by Crippen LogP contribution is -2.37. The van der Waals surface area contributed by atoms with Gasteiger partial charge in [0, 0.05) is 17.2 Å². The van der Waals surface area contributed by atoms with E-state index in [9.17, 15) is 4.21 Å². The number of methoxy groups -OCH3 is 1. The number of nitrogens with one attached hydrogen (secondary N) is 1. The van der Waals surface area contributed by atoms with E-state index in [1.807, 2.05) is 20.8 Å². The smallest absolute Gasteiger partial charge is 0.126 e. The first-order valence-electron chi connectivity index (χ1n) is 15.5. The molecule has 4 aromatic carbocycles. The van der Waals surface area contributed by atoms with Crippen molar-refractivity contribution in [1.82, 2.24) is 4.72 Å². The van der Waals surface area contributed by atoms with Gasteiger partial charge >= 0.3 is 0 Å². The third kappa shape index (κ3) is 8.08. The van der Waals surface area contributed by atoms with E-state index < -0.39 is 23.7 Å². The van der Waals surface area contributed by atoms with Crippen molar-refractivity contribution < 1.29 is 8.95 Å². The zero-order valence-electron chi connectivity index (χ0n) is 28.2. The van der Waals surface area contributed by atoms with E-state index in [0.717, 1.165) is 28.6 Å². The Morgan fingerprint density at radius 2 is 1.16 bits per heavy atom. The molecule has 4 aromatic rings. The van der Waals surface area contributed by atoms with E-state index in [1.54, 1.807) is 7.11 Å². The Bertz CT molecular complexity index is 1490. The number of ether oxygens (including phenoxy) is 1. The van der Waals surface area contributed by atoms with Gasteiger partial charge in [-0.15, -0.1) is 0 Å². The van der Waals surface area contributed by atoms with Gasteiger partial charge in [-0.05, 0) is 85.1 Å². The van der Waals surface area contributed by atoms with Crippen LogP contribution in [0, 0.1) is 0 Å². The van der Waals surface area contributed by atoms with Crippen molar-refractivity contribution in [2.45, 2.75) is 83.9 Å². The highest BCUT2D eigenvalue weighted by atomic mass is 32.2. The Kier molecular flexibility index (Phi) is 10.6. The molecule has 0 amide bonds. The van der Waals surface area contributed by atoms with E-state index in [4.69, 9.17) is 4.74 Å². The molecule has 0 heterocycles. The highest BCUT2D eigenvalue weighted by Gasteiger charge is 2.31. The standard InChI is InChI=1S/C39H50NO2PS/c1-37(2,3)33-25-28(26-34(36(33)42-10)38(4,5)6)31-23-17-18-24-32(31)35(40-44(41)39(7,8)9)27-43(29-19-13-11-14-20-29)30-21-15-12-16-22-30/h11-26,35,40H,27H2,1-10H3. The molecule has 3 nitrogen and oxygen atoms in total. The molecule has 0 aliphatic carbocycles.